The standard InChI is InChI=1S/C14H16O2Si/c1-14(2,3)10-6-4-9-5-7-12(15)13(17-16)11(9)8-10/h4-8,15-16H,1-3H3. The van der Waals surface area contributed by atoms with Gasteiger partial charge in [-0.15, -0.1) is 0 Å². The maximum atomic E-state index is 9.75. The highest BCUT2D eigenvalue weighted by Gasteiger charge is 2.15. The van der Waals surface area contributed by atoms with Gasteiger partial charge in [0, 0.05) is 5.19 Å². The van der Waals surface area contributed by atoms with Gasteiger partial charge < -0.3 is 9.90 Å². The van der Waals surface area contributed by atoms with Gasteiger partial charge in [-0.1, -0.05) is 45.0 Å². The molecule has 0 amide bonds. The summed E-state index contributed by atoms with van der Waals surface area (Å²) in [6.45, 7) is 6.45. The smallest absolute Gasteiger partial charge is 0.269 e. The summed E-state index contributed by atoms with van der Waals surface area (Å²) in [5.74, 6) is 0.171. The fraction of sp³-hybridized carbons (Fsp3) is 0.286. The summed E-state index contributed by atoms with van der Waals surface area (Å²) in [6, 6.07) is 9.72. The quantitative estimate of drug-likeness (QED) is 0.754. The Kier molecular flexibility index (Phi) is 2.97. The van der Waals surface area contributed by atoms with Crippen LogP contribution in [0.3, 0.4) is 0 Å². The molecule has 2 rings (SSSR count). The molecule has 2 nitrogen and oxygen atoms in total. The van der Waals surface area contributed by atoms with Gasteiger partial charge in [0.15, 0.2) is 0 Å². The molecule has 88 valence electrons. The lowest BCUT2D eigenvalue weighted by molar-refractivity contribution is 0.478. The SMILES string of the molecule is CC(C)(C)c1ccc2ccc(O)c([Si]O)c2c1. The van der Waals surface area contributed by atoms with Gasteiger partial charge in [0.1, 0.15) is 5.75 Å². The van der Waals surface area contributed by atoms with E-state index in [4.69, 9.17) is 0 Å². The number of hydrogen-bond donors (Lipinski definition) is 2. The number of fused-ring (bicyclic) bond motifs is 1. The van der Waals surface area contributed by atoms with Crippen LogP contribution in [0.1, 0.15) is 26.3 Å². The van der Waals surface area contributed by atoms with Crippen LogP contribution < -0.4 is 5.19 Å². The van der Waals surface area contributed by atoms with Crippen LogP contribution in [0.25, 0.3) is 10.8 Å². The van der Waals surface area contributed by atoms with Gasteiger partial charge >= 0.3 is 0 Å². The van der Waals surface area contributed by atoms with Crippen LogP contribution in [0.2, 0.25) is 0 Å². The highest BCUT2D eigenvalue weighted by molar-refractivity contribution is 6.51. The van der Waals surface area contributed by atoms with Crippen molar-refractivity contribution in [2.24, 2.45) is 0 Å². The van der Waals surface area contributed by atoms with E-state index in [1.165, 1.54) is 5.56 Å². The predicted octanol–water partition coefficient (Wildman–Crippen LogP) is 2.08. The molecule has 2 N–H and O–H groups in total. The zero-order valence-electron chi connectivity index (χ0n) is 10.3. The van der Waals surface area contributed by atoms with Gasteiger partial charge in [-0.05, 0) is 27.8 Å². The summed E-state index contributed by atoms with van der Waals surface area (Å²) >= 11 is 0. The molecule has 3 heteroatoms. The molecule has 0 bridgehead atoms. The van der Waals surface area contributed by atoms with Gasteiger partial charge in [-0.2, -0.15) is 0 Å². The molecule has 0 spiro atoms. The molecule has 0 saturated heterocycles. The first kappa shape index (κ1) is 12.1. The third-order valence-corrected chi connectivity index (χ3v) is 3.73. The Labute approximate surface area is 104 Å². The van der Waals surface area contributed by atoms with Crippen LogP contribution in [-0.2, 0) is 5.41 Å². The molecular weight excluding hydrogens is 228 g/mol. The fourth-order valence-electron chi connectivity index (χ4n) is 1.89. The third kappa shape index (κ3) is 2.21. The van der Waals surface area contributed by atoms with Crippen LogP contribution in [-0.4, -0.2) is 19.7 Å². The van der Waals surface area contributed by atoms with Crippen molar-refractivity contribution in [3.63, 3.8) is 0 Å². The molecule has 0 saturated carbocycles. The fourth-order valence-corrected chi connectivity index (χ4v) is 2.43. The number of phenols is 1. The first-order valence-electron chi connectivity index (χ1n) is 5.60. The first-order chi connectivity index (χ1) is 7.93. The maximum Gasteiger partial charge on any atom is 0.269 e. The minimum atomic E-state index is -0.388. The van der Waals surface area contributed by atoms with Crippen molar-refractivity contribution >= 4 is 25.7 Å². The molecule has 0 aliphatic rings. The normalized spacial score (nSPS) is 12.0. The van der Waals surface area contributed by atoms with Crippen molar-refractivity contribution in [1.29, 1.82) is 0 Å². The number of aromatic hydroxyl groups is 1. The van der Waals surface area contributed by atoms with Crippen LogP contribution in [0.5, 0.6) is 5.75 Å². The van der Waals surface area contributed by atoms with E-state index < -0.39 is 0 Å². The average molecular weight is 244 g/mol. The topological polar surface area (TPSA) is 40.5 Å². The van der Waals surface area contributed by atoms with E-state index in [0.717, 1.165) is 10.8 Å². The Morgan fingerprint density at radius 1 is 1.06 bits per heavy atom. The van der Waals surface area contributed by atoms with E-state index in [-0.39, 0.29) is 20.9 Å². The Bertz CT molecular complexity index is 556. The molecule has 2 radical (unpaired) electrons. The van der Waals surface area contributed by atoms with Crippen molar-refractivity contribution in [3.8, 4) is 5.75 Å². The molecule has 17 heavy (non-hydrogen) atoms. The summed E-state index contributed by atoms with van der Waals surface area (Å²) in [7, 11) is -0.388. The lowest BCUT2D eigenvalue weighted by Crippen LogP contribution is -2.17. The molecule has 0 aliphatic carbocycles. The second-order valence-corrected chi connectivity index (χ2v) is 5.98. The molecule has 2 aromatic rings. The van der Waals surface area contributed by atoms with Crippen LogP contribution >= 0.6 is 0 Å². The summed E-state index contributed by atoms with van der Waals surface area (Å²) in [4.78, 5) is 9.38. The Hall–Kier alpha value is -1.32. The lowest BCUT2D eigenvalue weighted by Gasteiger charge is -2.20. The molecule has 0 atom stereocenters. The van der Waals surface area contributed by atoms with Gasteiger partial charge in [-0.25, -0.2) is 0 Å². The molecule has 0 aliphatic heterocycles. The third-order valence-electron chi connectivity index (χ3n) is 2.98. The van der Waals surface area contributed by atoms with Crippen molar-refractivity contribution in [1.82, 2.24) is 0 Å². The van der Waals surface area contributed by atoms with E-state index in [9.17, 15) is 9.90 Å². The van der Waals surface area contributed by atoms with Crippen molar-refractivity contribution in [2.45, 2.75) is 26.2 Å². The minimum Gasteiger partial charge on any atom is -0.508 e. The van der Waals surface area contributed by atoms with Crippen LogP contribution in [0.15, 0.2) is 30.3 Å². The summed E-state index contributed by atoms with van der Waals surface area (Å²) < 4.78 is 0. The Morgan fingerprint density at radius 2 is 1.71 bits per heavy atom. The van der Waals surface area contributed by atoms with Crippen molar-refractivity contribution in [3.05, 3.63) is 35.9 Å². The monoisotopic (exact) mass is 244 g/mol. The maximum absolute atomic E-state index is 9.75. The minimum absolute atomic E-state index is 0.0650. The van der Waals surface area contributed by atoms with Gasteiger partial charge in [-0.3, -0.25) is 0 Å². The second kappa shape index (κ2) is 4.16. The number of phenolic OH excluding ortho intramolecular Hbond substituents is 1. The first-order valence-corrected chi connectivity index (χ1v) is 6.54. The van der Waals surface area contributed by atoms with Gasteiger partial charge in [0.25, 0.3) is 9.76 Å². The Balaban J connectivity index is 2.74. The van der Waals surface area contributed by atoms with Crippen LogP contribution in [0, 0.1) is 0 Å². The second-order valence-electron chi connectivity index (χ2n) is 5.26. The Morgan fingerprint density at radius 3 is 2.29 bits per heavy atom. The largest absolute Gasteiger partial charge is 0.508 e. The van der Waals surface area contributed by atoms with E-state index in [1.54, 1.807) is 6.07 Å². The van der Waals surface area contributed by atoms with E-state index in [1.807, 2.05) is 12.1 Å². The highest BCUT2D eigenvalue weighted by Crippen LogP contribution is 2.26. The summed E-state index contributed by atoms with van der Waals surface area (Å²) in [5, 5.41) is 12.4. The van der Waals surface area contributed by atoms with E-state index in [2.05, 4.69) is 32.9 Å². The molecule has 0 heterocycles. The summed E-state index contributed by atoms with van der Waals surface area (Å²) in [5.41, 5.74) is 1.27. The lowest BCUT2D eigenvalue weighted by atomic mass is 9.86. The van der Waals surface area contributed by atoms with Crippen LogP contribution in [0.4, 0.5) is 0 Å². The number of hydrogen-bond acceptors (Lipinski definition) is 2. The molecule has 0 unspecified atom stereocenters. The number of rotatable bonds is 1. The average Bonchev–Trinajstić information content (AvgIpc) is 2.27. The predicted molar refractivity (Wildman–Crippen MR) is 71.9 cm³/mol. The zero-order chi connectivity index (χ0) is 12.6. The molecule has 0 aromatic heterocycles. The van der Waals surface area contributed by atoms with Gasteiger partial charge in [0.2, 0.25) is 0 Å². The van der Waals surface area contributed by atoms with Gasteiger partial charge in [0.05, 0.1) is 0 Å². The molecule has 2 aromatic carbocycles. The number of benzene rings is 2. The summed E-state index contributed by atoms with van der Waals surface area (Å²) in [6.07, 6.45) is 0. The molecule has 0 fully saturated rings. The van der Waals surface area contributed by atoms with Crippen molar-refractivity contribution in [2.75, 3.05) is 0 Å². The van der Waals surface area contributed by atoms with Crippen molar-refractivity contribution < 1.29 is 9.90 Å². The molecular formula is C14H16O2Si. The van der Waals surface area contributed by atoms with E-state index >= 15 is 0 Å². The zero-order valence-corrected chi connectivity index (χ0v) is 11.3. The highest BCUT2D eigenvalue weighted by atomic mass is 28.2. The van der Waals surface area contributed by atoms with E-state index in [0.29, 0.717) is 5.19 Å².